The van der Waals surface area contributed by atoms with Crippen LogP contribution in [-0.4, -0.2) is 42.2 Å². The number of amides is 1. The van der Waals surface area contributed by atoms with Gasteiger partial charge in [-0.2, -0.15) is 0 Å². The molecule has 0 aromatic heterocycles. The number of hydrogen-bond donors (Lipinski definition) is 1. The van der Waals surface area contributed by atoms with E-state index in [1.54, 1.807) is 0 Å². The first-order valence-electron chi connectivity index (χ1n) is 7.37. The summed E-state index contributed by atoms with van der Waals surface area (Å²) < 4.78 is 18.4. The van der Waals surface area contributed by atoms with E-state index in [0.29, 0.717) is 17.9 Å². The Morgan fingerprint density at radius 2 is 2.24 bits per heavy atom. The summed E-state index contributed by atoms with van der Waals surface area (Å²) in [6.45, 7) is 2.40. The van der Waals surface area contributed by atoms with Crippen LogP contribution in [0.2, 0.25) is 0 Å². The first-order valence-corrected chi connectivity index (χ1v) is 7.37. The van der Waals surface area contributed by atoms with Gasteiger partial charge in [0.05, 0.1) is 19.6 Å². The van der Waals surface area contributed by atoms with Crippen LogP contribution in [-0.2, 0) is 4.79 Å². The van der Waals surface area contributed by atoms with Crippen molar-refractivity contribution in [2.75, 3.05) is 20.3 Å². The number of nitrogens with zero attached hydrogens (tertiary/aromatic N) is 1. The third-order valence-electron chi connectivity index (χ3n) is 3.79. The van der Waals surface area contributed by atoms with Gasteiger partial charge in [0.25, 0.3) is 0 Å². The van der Waals surface area contributed by atoms with Crippen LogP contribution < -0.4 is 4.74 Å². The van der Waals surface area contributed by atoms with E-state index in [9.17, 15) is 14.3 Å². The van der Waals surface area contributed by atoms with Gasteiger partial charge >= 0.3 is 0 Å². The highest BCUT2D eigenvalue weighted by atomic mass is 19.1. The maximum Gasteiger partial charge on any atom is 0.232 e. The molecule has 21 heavy (non-hydrogen) atoms. The number of hydrogen-bond acceptors (Lipinski definition) is 3. The number of methoxy groups -OCH3 is 1. The largest absolute Gasteiger partial charge is 0.496 e. The van der Waals surface area contributed by atoms with Crippen molar-refractivity contribution in [2.24, 2.45) is 0 Å². The molecule has 0 spiro atoms. The van der Waals surface area contributed by atoms with Crippen LogP contribution in [0.1, 0.15) is 37.7 Å². The van der Waals surface area contributed by atoms with E-state index < -0.39 is 11.7 Å². The smallest absolute Gasteiger partial charge is 0.232 e. The highest BCUT2D eigenvalue weighted by molar-refractivity contribution is 5.85. The van der Waals surface area contributed by atoms with E-state index in [1.807, 2.05) is 11.8 Å². The summed E-state index contributed by atoms with van der Waals surface area (Å²) in [5.41, 5.74) is 0.535. The molecule has 1 saturated carbocycles. The van der Waals surface area contributed by atoms with Gasteiger partial charge in [-0.3, -0.25) is 4.79 Å². The molecule has 5 heteroatoms. The summed E-state index contributed by atoms with van der Waals surface area (Å²) in [5, 5.41) is 9.66. The molecule has 0 heterocycles. The molecule has 0 aliphatic heterocycles. The zero-order chi connectivity index (χ0) is 15.4. The maximum absolute atomic E-state index is 13.3. The van der Waals surface area contributed by atoms with E-state index in [1.165, 1.54) is 25.3 Å². The van der Waals surface area contributed by atoms with Crippen molar-refractivity contribution in [1.29, 1.82) is 0 Å². The Kier molecular flexibility index (Phi) is 5.17. The van der Waals surface area contributed by atoms with E-state index in [0.717, 1.165) is 19.3 Å². The Morgan fingerprint density at radius 3 is 2.76 bits per heavy atom. The van der Waals surface area contributed by atoms with Crippen molar-refractivity contribution in [1.82, 2.24) is 4.90 Å². The monoisotopic (exact) mass is 295 g/mol. The summed E-state index contributed by atoms with van der Waals surface area (Å²) in [7, 11) is 1.43. The highest BCUT2D eigenvalue weighted by Gasteiger charge is 2.36. The molecule has 0 saturated heterocycles. The number of aliphatic hydroxyl groups excluding tert-OH is 1. The molecular weight excluding hydrogens is 273 g/mol. The molecule has 1 aromatic carbocycles. The summed E-state index contributed by atoms with van der Waals surface area (Å²) in [6.07, 6.45) is 2.91. The zero-order valence-electron chi connectivity index (χ0n) is 12.5. The minimum absolute atomic E-state index is 0.105. The van der Waals surface area contributed by atoms with Crippen LogP contribution in [0.3, 0.4) is 0 Å². The second-order valence-corrected chi connectivity index (χ2v) is 5.38. The summed E-state index contributed by atoms with van der Waals surface area (Å²) in [4.78, 5) is 14.6. The fourth-order valence-electron chi connectivity index (χ4n) is 2.58. The van der Waals surface area contributed by atoms with E-state index in [4.69, 9.17) is 4.74 Å². The van der Waals surface area contributed by atoms with Crippen LogP contribution in [0.25, 0.3) is 0 Å². The van der Waals surface area contributed by atoms with Crippen molar-refractivity contribution in [3.05, 3.63) is 29.6 Å². The standard InChI is InChI=1S/C16H22FNO3/c1-3-8-18(12-5-6-12)16(20)14(10-19)13-7-4-11(17)9-15(13)21-2/h4,7,9,12,14,19H,3,5-6,8,10H2,1-2H3. The number of halogens is 1. The fourth-order valence-corrected chi connectivity index (χ4v) is 2.58. The Balaban J connectivity index is 2.27. The average Bonchev–Trinajstić information content (AvgIpc) is 3.31. The molecule has 1 fully saturated rings. The Labute approximate surface area is 124 Å². The number of ether oxygens (including phenoxy) is 1. The lowest BCUT2D eigenvalue weighted by Crippen LogP contribution is -2.38. The van der Waals surface area contributed by atoms with Crippen LogP contribution in [0.4, 0.5) is 4.39 Å². The lowest BCUT2D eigenvalue weighted by atomic mass is 9.97. The molecular formula is C16H22FNO3. The first kappa shape index (κ1) is 15.8. The molecule has 2 rings (SSSR count). The normalized spacial score (nSPS) is 15.6. The van der Waals surface area contributed by atoms with Gasteiger partial charge in [-0.15, -0.1) is 0 Å². The predicted molar refractivity (Wildman–Crippen MR) is 77.8 cm³/mol. The molecule has 1 N–H and O–H groups in total. The lowest BCUT2D eigenvalue weighted by Gasteiger charge is -2.27. The molecule has 1 aliphatic carbocycles. The average molecular weight is 295 g/mol. The number of rotatable bonds is 7. The van der Waals surface area contributed by atoms with Gasteiger partial charge in [0.2, 0.25) is 5.91 Å². The van der Waals surface area contributed by atoms with Crippen molar-refractivity contribution < 1.29 is 19.0 Å². The topological polar surface area (TPSA) is 49.8 Å². The quantitative estimate of drug-likeness (QED) is 0.840. The molecule has 0 bridgehead atoms. The second kappa shape index (κ2) is 6.89. The van der Waals surface area contributed by atoms with Gasteiger partial charge in [-0.1, -0.05) is 13.0 Å². The van der Waals surface area contributed by atoms with E-state index in [2.05, 4.69) is 0 Å². The minimum Gasteiger partial charge on any atom is -0.496 e. The molecule has 1 aliphatic rings. The highest BCUT2D eigenvalue weighted by Crippen LogP contribution is 2.33. The van der Waals surface area contributed by atoms with Gasteiger partial charge in [0.15, 0.2) is 0 Å². The van der Waals surface area contributed by atoms with Gasteiger partial charge in [0, 0.05) is 24.2 Å². The van der Waals surface area contributed by atoms with Crippen molar-refractivity contribution in [3.63, 3.8) is 0 Å². The molecule has 1 unspecified atom stereocenters. The predicted octanol–water partition coefficient (Wildman–Crippen LogP) is 2.31. The van der Waals surface area contributed by atoms with E-state index in [-0.39, 0.29) is 18.6 Å². The Hall–Kier alpha value is -1.62. The zero-order valence-corrected chi connectivity index (χ0v) is 12.5. The fraction of sp³-hybridized carbons (Fsp3) is 0.562. The lowest BCUT2D eigenvalue weighted by molar-refractivity contribution is -0.134. The van der Waals surface area contributed by atoms with Gasteiger partial charge in [0.1, 0.15) is 11.6 Å². The Morgan fingerprint density at radius 1 is 1.52 bits per heavy atom. The van der Waals surface area contributed by atoms with Crippen LogP contribution in [0, 0.1) is 5.82 Å². The second-order valence-electron chi connectivity index (χ2n) is 5.38. The number of aliphatic hydroxyl groups is 1. The molecule has 1 amide bonds. The molecule has 116 valence electrons. The first-order chi connectivity index (χ1) is 10.1. The number of carbonyl (C=O) groups excluding carboxylic acids is 1. The SMILES string of the molecule is CCCN(C(=O)C(CO)c1ccc(F)cc1OC)C1CC1. The minimum atomic E-state index is -0.701. The summed E-state index contributed by atoms with van der Waals surface area (Å²) >= 11 is 0. The molecule has 0 radical (unpaired) electrons. The summed E-state index contributed by atoms with van der Waals surface area (Å²) in [6, 6.07) is 4.34. The van der Waals surface area contributed by atoms with E-state index >= 15 is 0 Å². The van der Waals surface area contributed by atoms with Crippen LogP contribution >= 0.6 is 0 Å². The molecule has 1 atom stereocenters. The number of carbonyl (C=O) groups is 1. The molecule has 1 aromatic rings. The van der Waals surface area contributed by atoms with Gasteiger partial charge < -0.3 is 14.7 Å². The van der Waals surface area contributed by atoms with Crippen molar-refractivity contribution in [2.45, 2.75) is 38.1 Å². The van der Waals surface area contributed by atoms with Gasteiger partial charge in [-0.25, -0.2) is 4.39 Å². The van der Waals surface area contributed by atoms with Crippen LogP contribution in [0.15, 0.2) is 18.2 Å². The van der Waals surface area contributed by atoms with Crippen molar-refractivity contribution >= 4 is 5.91 Å². The third kappa shape index (κ3) is 3.53. The maximum atomic E-state index is 13.3. The number of benzene rings is 1. The van der Waals surface area contributed by atoms with Gasteiger partial charge in [-0.05, 0) is 25.3 Å². The summed E-state index contributed by atoms with van der Waals surface area (Å²) in [5.74, 6) is -0.929. The molecule has 4 nitrogen and oxygen atoms in total. The Bertz CT molecular complexity index is 502. The van der Waals surface area contributed by atoms with Crippen LogP contribution in [0.5, 0.6) is 5.75 Å². The third-order valence-corrected chi connectivity index (χ3v) is 3.79. The van der Waals surface area contributed by atoms with Crippen molar-refractivity contribution in [3.8, 4) is 5.75 Å².